The van der Waals surface area contributed by atoms with Gasteiger partial charge < -0.3 is 9.26 Å². The van der Waals surface area contributed by atoms with E-state index >= 15 is 0 Å². The Kier molecular flexibility index (Phi) is 4.74. The Morgan fingerprint density at radius 2 is 2.30 bits per heavy atom. The van der Waals surface area contributed by atoms with E-state index in [0.717, 1.165) is 5.56 Å². The summed E-state index contributed by atoms with van der Waals surface area (Å²) < 4.78 is 10.0. The third-order valence-electron chi connectivity index (χ3n) is 2.75. The first-order chi connectivity index (χ1) is 9.60. The second-order valence-electron chi connectivity index (χ2n) is 4.33. The molecule has 20 heavy (non-hydrogen) atoms. The molecule has 6 heteroatoms. The molecule has 2 rings (SSSR count). The summed E-state index contributed by atoms with van der Waals surface area (Å²) in [7, 11) is 0. The Morgan fingerprint density at radius 1 is 1.50 bits per heavy atom. The third kappa shape index (κ3) is 3.57. The highest BCUT2D eigenvalue weighted by Crippen LogP contribution is 2.17. The molecule has 0 bridgehead atoms. The Bertz CT molecular complexity index is 598. The highest BCUT2D eigenvalue weighted by molar-refractivity contribution is 6.30. The minimum Gasteiger partial charge on any atom is -0.465 e. The molecule has 1 unspecified atom stereocenters. The lowest BCUT2D eigenvalue weighted by Gasteiger charge is -2.04. The van der Waals surface area contributed by atoms with E-state index in [9.17, 15) is 4.79 Å². The summed E-state index contributed by atoms with van der Waals surface area (Å²) in [5, 5.41) is 4.53. The van der Waals surface area contributed by atoms with Crippen molar-refractivity contribution in [2.75, 3.05) is 6.61 Å². The number of hydrogen-bond acceptors (Lipinski definition) is 5. The van der Waals surface area contributed by atoms with Gasteiger partial charge in [-0.05, 0) is 31.5 Å². The van der Waals surface area contributed by atoms with Gasteiger partial charge in [-0.2, -0.15) is 4.98 Å². The van der Waals surface area contributed by atoms with Crippen molar-refractivity contribution in [2.24, 2.45) is 0 Å². The third-order valence-corrected chi connectivity index (χ3v) is 2.98. The second-order valence-corrected chi connectivity index (χ2v) is 4.77. The predicted octanol–water partition coefficient (Wildman–Crippen LogP) is 2.98. The van der Waals surface area contributed by atoms with E-state index in [2.05, 4.69) is 10.1 Å². The van der Waals surface area contributed by atoms with Crippen LogP contribution >= 0.6 is 11.6 Å². The zero-order valence-electron chi connectivity index (χ0n) is 11.3. The number of rotatable bonds is 5. The summed E-state index contributed by atoms with van der Waals surface area (Å²) in [5.74, 6) is -0.153. The molecule has 0 saturated carbocycles. The van der Waals surface area contributed by atoms with E-state index in [4.69, 9.17) is 20.9 Å². The highest BCUT2D eigenvalue weighted by atomic mass is 35.5. The predicted molar refractivity (Wildman–Crippen MR) is 73.6 cm³/mol. The van der Waals surface area contributed by atoms with Crippen molar-refractivity contribution in [1.82, 2.24) is 10.1 Å². The van der Waals surface area contributed by atoms with E-state index in [-0.39, 0.29) is 11.9 Å². The van der Waals surface area contributed by atoms with Crippen LogP contribution in [0.25, 0.3) is 0 Å². The summed E-state index contributed by atoms with van der Waals surface area (Å²) in [4.78, 5) is 15.8. The molecule has 0 spiro atoms. The molecule has 1 aromatic heterocycles. The standard InChI is InChI=1S/C14H15ClN2O3/c1-3-19-14(18)9(2)13-16-12(17-20-13)8-10-5-4-6-11(15)7-10/h4-7,9H,3,8H2,1-2H3. The number of halogens is 1. The van der Waals surface area contributed by atoms with E-state index in [1.54, 1.807) is 19.9 Å². The highest BCUT2D eigenvalue weighted by Gasteiger charge is 2.23. The van der Waals surface area contributed by atoms with Crippen LogP contribution in [0.2, 0.25) is 5.02 Å². The maximum Gasteiger partial charge on any atom is 0.318 e. The first-order valence-corrected chi connectivity index (χ1v) is 6.71. The number of esters is 1. The first kappa shape index (κ1) is 14.5. The summed E-state index contributed by atoms with van der Waals surface area (Å²) in [6, 6.07) is 7.43. The Labute approximate surface area is 121 Å². The molecule has 0 aliphatic rings. The van der Waals surface area contributed by atoms with Crippen molar-refractivity contribution >= 4 is 17.6 Å². The van der Waals surface area contributed by atoms with Gasteiger partial charge in [-0.15, -0.1) is 0 Å². The fraction of sp³-hybridized carbons (Fsp3) is 0.357. The van der Waals surface area contributed by atoms with Crippen LogP contribution in [0.15, 0.2) is 28.8 Å². The number of carbonyl (C=O) groups excluding carboxylic acids is 1. The molecule has 1 atom stereocenters. The van der Waals surface area contributed by atoms with E-state index < -0.39 is 5.92 Å². The van der Waals surface area contributed by atoms with Crippen LogP contribution in [0.5, 0.6) is 0 Å². The monoisotopic (exact) mass is 294 g/mol. The van der Waals surface area contributed by atoms with Gasteiger partial charge in [0, 0.05) is 11.4 Å². The van der Waals surface area contributed by atoms with Crippen molar-refractivity contribution in [1.29, 1.82) is 0 Å². The fourth-order valence-electron chi connectivity index (χ4n) is 1.71. The minimum atomic E-state index is -0.560. The molecule has 0 radical (unpaired) electrons. The van der Waals surface area contributed by atoms with Gasteiger partial charge in [-0.3, -0.25) is 4.79 Å². The lowest BCUT2D eigenvalue weighted by Crippen LogP contribution is -2.13. The van der Waals surface area contributed by atoms with Crippen molar-refractivity contribution in [2.45, 2.75) is 26.2 Å². The molecule has 0 amide bonds. The van der Waals surface area contributed by atoms with E-state index in [1.165, 1.54) is 0 Å². The maximum atomic E-state index is 11.6. The molecule has 1 heterocycles. The molecule has 1 aromatic carbocycles. The van der Waals surface area contributed by atoms with Crippen LogP contribution < -0.4 is 0 Å². The summed E-state index contributed by atoms with van der Waals surface area (Å²) in [5.41, 5.74) is 0.980. The van der Waals surface area contributed by atoms with Crippen LogP contribution in [0.4, 0.5) is 0 Å². The SMILES string of the molecule is CCOC(=O)C(C)c1nc(Cc2cccc(Cl)c2)no1. The van der Waals surface area contributed by atoms with Gasteiger partial charge in [0.1, 0.15) is 5.92 Å². The van der Waals surface area contributed by atoms with Gasteiger partial charge in [0.05, 0.1) is 6.61 Å². The van der Waals surface area contributed by atoms with Gasteiger partial charge in [-0.1, -0.05) is 28.9 Å². The molecule has 0 aliphatic heterocycles. The molecule has 5 nitrogen and oxygen atoms in total. The average molecular weight is 295 g/mol. The van der Waals surface area contributed by atoms with Crippen molar-refractivity contribution in [3.63, 3.8) is 0 Å². The smallest absolute Gasteiger partial charge is 0.318 e. The van der Waals surface area contributed by atoms with Gasteiger partial charge in [-0.25, -0.2) is 0 Å². The largest absolute Gasteiger partial charge is 0.465 e. The van der Waals surface area contributed by atoms with Gasteiger partial charge in [0.25, 0.3) is 0 Å². The molecular formula is C14H15ClN2O3. The minimum absolute atomic E-state index is 0.264. The van der Waals surface area contributed by atoms with Gasteiger partial charge in [0.15, 0.2) is 5.82 Å². The quantitative estimate of drug-likeness (QED) is 0.793. The van der Waals surface area contributed by atoms with Crippen LogP contribution in [0.3, 0.4) is 0 Å². The van der Waals surface area contributed by atoms with Gasteiger partial charge >= 0.3 is 5.97 Å². The summed E-state index contributed by atoms with van der Waals surface area (Å²) in [6.07, 6.45) is 0.500. The Balaban J connectivity index is 2.07. The summed E-state index contributed by atoms with van der Waals surface area (Å²) >= 11 is 5.92. The normalized spacial score (nSPS) is 12.2. The first-order valence-electron chi connectivity index (χ1n) is 6.33. The zero-order chi connectivity index (χ0) is 14.5. The molecule has 0 saturated heterocycles. The zero-order valence-corrected chi connectivity index (χ0v) is 12.1. The second kappa shape index (κ2) is 6.52. The van der Waals surface area contributed by atoms with Crippen LogP contribution in [0, 0.1) is 0 Å². The van der Waals surface area contributed by atoms with Crippen molar-refractivity contribution in [3.8, 4) is 0 Å². The topological polar surface area (TPSA) is 65.2 Å². The van der Waals surface area contributed by atoms with Crippen molar-refractivity contribution in [3.05, 3.63) is 46.6 Å². The molecule has 0 fully saturated rings. The van der Waals surface area contributed by atoms with Crippen LogP contribution in [0.1, 0.15) is 37.0 Å². The van der Waals surface area contributed by atoms with Crippen LogP contribution in [-0.2, 0) is 16.0 Å². The fourth-order valence-corrected chi connectivity index (χ4v) is 1.93. The van der Waals surface area contributed by atoms with Gasteiger partial charge in [0.2, 0.25) is 5.89 Å². The number of hydrogen-bond donors (Lipinski definition) is 0. The number of nitrogens with zero attached hydrogens (tertiary/aromatic N) is 2. The molecule has 2 aromatic rings. The van der Waals surface area contributed by atoms with Crippen molar-refractivity contribution < 1.29 is 14.1 Å². The maximum absolute atomic E-state index is 11.6. The van der Waals surface area contributed by atoms with Crippen LogP contribution in [-0.4, -0.2) is 22.7 Å². The molecule has 0 aliphatic carbocycles. The lowest BCUT2D eigenvalue weighted by atomic mass is 10.1. The molecular weight excluding hydrogens is 280 g/mol. The summed E-state index contributed by atoms with van der Waals surface area (Å²) in [6.45, 7) is 3.75. The Hall–Kier alpha value is -1.88. The number of aromatic nitrogens is 2. The van der Waals surface area contributed by atoms with E-state index in [0.29, 0.717) is 23.9 Å². The van der Waals surface area contributed by atoms with E-state index in [1.807, 2.05) is 18.2 Å². The number of carbonyl (C=O) groups is 1. The molecule has 0 N–H and O–H groups in total. The Morgan fingerprint density at radius 3 is 3.00 bits per heavy atom. The number of ether oxygens (including phenoxy) is 1. The average Bonchev–Trinajstić information content (AvgIpc) is 2.86. The lowest BCUT2D eigenvalue weighted by molar-refractivity contribution is -0.145. The molecule has 106 valence electrons. The number of benzene rings is 1.